The van der Waals surface area contributed by atoms with E-state index in [4.69, 9.17) is 0 Å². The molecule has 2 heterocycles. The molecule has 132 valence electrons. The summed E-state index contributed by atoms with van der Waals surface area (Å²) in [7, 11) is 0. The van der Waals surface area contributed by atoms with Crippen molar-refractivity contribution in [3.8, 4) is 0 Å². The molecule has 1 amide bonds. The lowest BCUT2D eigenvalue weighted by Gasteiger charge is -2.09. The minimum Gasteiger partial charge on any atom is -0.366 e. The highest BCUT2D eigenvalue weighted by atomic mass is 16.1. The molecule has 0 radical (unpaired) electrons. The lowest BCUT2D eigenvalue weighted by molar-refractivity contribution is 0.102. The molecular weight excluding hydrogens is 326 g/mol. The van der Waals surface area contributed by atoms with Crippen LogP contribution in [0.5, 0.6) is 0 Å². The monoisotopic (exact) mass is 347 g/mol. The number of hydrogen-bond donors (Lipinski definition) is 2. The molecule has 3 aromatic rings. The average molecular weight is 347 g/mol. The van der Waals surface area contributed by atoms with Gasteiger partial charge >= 0.3 is 0 Å². The molecule has 0 atom stereocenters. The highest BCUT2D eigenvalue weighted by molar-refractivity contribution is 6.03. The molecule has 0 spiro atoms. The normalized spacial score (nSPS) is 10.6. The number of anilines is 2. The quantitative estimate of drug-likeness (QED) is 0.708. The van der Waals surface area contributed by atoms with Crippen molar-refractivity contribution in [1.82, 2.24) is 15.0 Å². The molecule has 0 aliphatic rings. The van der Waals surface area contributed by atoms with Crippen LogP contribution >= 0.6 is 0 Å². The Morgan fingerprint density at radius 3 is 2.46 bits per heavy atom. The van der Waals surface area contributed by atoms with Crippen molar-refractivity contribution in [2.45, 2.75) is 26.3 Å². The van der Waals surface area contributed by atoms with E-state index in [9.17, 15) is 4.79 Å². The van der Waals surface area contributed by atoms with Gasteiger partial charge in [-0.3, -0.25) is 9.78 Å². The minimum absolute atomic E-state index is 0.267. The van der Waals surface area contributed by atoms with Gasteiger partial charge in [0.25, 0.3) is 5.91 Å². The Kier molecular flexibility index (Phi) is 5.53. The number of benzene rings is 1. The first kappa shape index (κ1) is 17.5. The summed E-state index contributed by atoms with van der Waals surface area (Å²) in [5.41, 5.74) is 3.36. The first-order valence-electron chi connectivity index (χ1n) is 8.48. The van der Waals surface area contributed by atoms with Crippen molar-refractivity contribution in [1.29, 1.82) is 0 Å². The van der Waals surface area contributed by atoms with Crippen LogP contribution in [0.25, 0.3) is 0 Å². The third-order valence-electron chi connectivity index (χ3n) is 3.96. The Hall–Kier alpha value is -3.28. The largest absolute Gasteiger partial charge is 0.366 e. The molecule has 6 heteroatoms. The van der Waals surface area contributed by atoms with E-state index in [1.165, 1.54) is 11.9 Å². The SMILES string of the molecule is CC(C)c1ccc(NC(=O)c2cc(NCc3ccncc3)ncn2)cc1. The van der Waals surface area contributed by atoms with E-state index in [0.29, 0.717) is 24.0 Å². The Bertz CT molecular complexity index is 863. The van der Waals surface area contributed by atoms with Gasteiger partial charge in [-0.25, -0.2) is 9.97 Å². The molecule has 2 aromatic heterocycles. The van der Waals surface area contributed by atoms with Crippen LogP contribution in [0.15, 0.2) is 61.2 Å². The van der Waals surface area contributed by atoms with Crippen molar-refractivity contribution in [2.75, 3.05) is 10.6 Å². The van der Waals surface area contributed by atoms with E-state index in [-0.39, 0.29) is 5.91 Å². The Morgan fingerprint density at radius 1 is 1.04 bits per heavy atom. The molecular formula is C20H21N5O. The smallest absolute Gasteiger partial charge is 0.274 e. The zero-order valence-corrected chi connectivity index (χ0v) is 14.8. The summed E-state index contributed by atoms with van der Waals surface area (Å²) in [5.74, 6) is 0.782. The standard InChI is InChI=1S/C20H21N5O/c1-14(2)16-3-5-17(6-4-16)25-20(26)18-11-19(24-13-23-18)22-12-15-7-9-21-10-8-15/h3-11,13-14H,12H2,1-2H3,(H,25,26)(H,22,23,24). The van der Waals surface area contributed by atoms with E-state index < -0.39 is 0 Å². The fourth-order valence-electron chi connectivity index (χ4n) is 2.42. The summed E-state index contributed by atoms with van der Waals surface area (Å²) < 4.78 is 0. The number of pyridine rings is 1. The number of nitrogens with zero attached hydrogens (tertiary/aromatic N) is 3. The van der Waals surface area contributed by atoms with Crippen molar-refractivity contribution in [3.05, 3.63) is 78.0 Å². The van der Waals surface area contributed by atoms with Crippen LogP contribution in [0.4, 0.5) is 11.5 Å². The number of nitrogens with one attached hydrogen (secondary N) is 2. The molecule has 3 rings (SSSR count). The van der Waals surface area contributed by atoms with Crippen LogP contribution in [-0.2, 0) is 6.54 Å². The third-order valence-corrected chi connectivity index (χ3v) is 3.96. The maximum absolute atomic E-state index is 12.4. The van der Waals surface area contributed by atoms with E-state index in [1.54, 1.807) is 18.5 Å². The van der Waals surface area contributed by atoms with E-state index in [0.717, 1.165) is 11.3 Å². The average Bonchev–Trinajstić information content (AvgIpc) is 2.68. The molecule has 0 saturated carbocycles. The first-order chi connectivity index (χ1) is 12.6. The summed E-state index contributed by atoms with van der Waals surface area (Å²) in [6, 6.07) is 13.3. The van der Waals surface area contributed by atoms with E-state index >= 15 is 0 Å². The maximum Gasteiger partial charge on any atom is 0.274 e. The van der Waals surface area contributed by atoms with Crippen LogP contribution < -0.4 is 10.6 Å². The molecule has 0 fully saturated rings. The lowest BCUT2D eigenvalue weighted by atomic mass is 10.0. The predicted octanol–water partition coefficient (Wildman–Crippen LogP) is 3.86. The highest BCUT2D eigenvalue weighted by Crippen LogP contribution is 2.17. The molecule has 0 saturated heterocycles. The van der Waals surface area contributed by atoms with Gasteiger partial charge in [-0.15, -0.1) is 0 Å². The van der Waals surface area contributed by atoms with E-state index in [2.05, 4.69) is 39.4 Å². The summed E-state index contributed by atoms with van der Waals surface area (Å²) in [6.45, 7) is 4.86. The number of hydrogen-bond acceptors (Lipinski definition) is 5. The number of rotatable bonds is 6. The minimum atomic E-state index is -0.267. The van der Waals surface area contributed by atoms with Gasteiger partial charge < -0.3 is 10.6 Å². The van der Waals surface area contributed by atoms with Crippen molar-refractivity contribution >= 4 is 17.4 Å². The summed E-state index contributed by atoms with van der Waals surface area (Å²) in [6.07, 6.45) is 4.85. The van der Waals surface area contributed by atoms with Crippen molar-refractivity contribution < 1.29 is 4.79 Å². The zero-order chi connectivity index (χ0) is 18.4. The molecule has 0 aliphatic carbocycles. The highest BCUT2D eigenvalue weighted by Gasteiger charge is 2.09. The zero-order valence-electron chi connectivity index (χ0n) is 14.8. The maximum atomic E-state index is 12.4. The Labute approximate surface area is 152 Å². The summed E-state index contributed by atoms with van der Waals surface area (Å²) in [4.78, 5) is 24.6. The first-order valence-corrected chi connectivity index (χ1v) is 8.48. The van der Waals surface area contributed by atoms with Gasteiger partial charge in [-0.1, -0.05) is 26.0 Å². The number of carbonyl (C=O) groups excluding carboxylic acids is 1. The second kappa shape index (κ2) is 8.20. The molecule has 0 bridgehead atoms. The van der Waals surface area contributed by atoms with Gasteiger partial charge in [0.1, 0.15) is 17.8 Å². The van der Waals surface area contributed by atoms with Gasteiger partial charge in [0.15, 0.2) is 0 Å². The summed E-state index contributed by atoms with van der Waals surface area (Å²) >= 11 is 0. The lowest BCUT2D eigenvalue weighted by Crippen LogP contribution is -2.14. The van der Waals surface area contributed by atoms with E-state index in [1.807, 2.05) is 36.4 Å². The Balaban J connectivity index is 1.64. The molecule has 0 unspecified atom stereocenters. The number of amides is 1. The number of carbonyl (C=O) groups is 1. The fraction of sp³-hybridized carbons (Fsp3) is 0.200. The van der Waals surface area contributed by atoms with Crippen LogP contribution in [0, 0.1) is 0 Å². The second-order valence-electron chi connectivity index (χ2n) is 6.23. The third kappa shape index (κ3) is 4.63. The van der Waals surface area contributed by atoms with Gasteiger partial charge in [-0.05, 0) is 41.3 Å². The molecule has 26 heavy (non-hydrogen) atoms. The molecule has 0 aliphatic heterocycles. The van der Waals surface area contributed by atoms with Gasteiger partial charge in [0.2, 0.25) is 0 Å². The molecule has 6 nitrogen and oxygen atoms in total. The predicted molar refractivity (Wildman–Crippen MR) is 102 cm³/mol. The summed E-state index contributed by atoms with van der Waals surface area (Å²) in [5, 5.41) is 6.04. The van der Waals surface area contributed by atoms with Crippen molar-refractivity contribution in [2.24, 2.45) is 0 Å². The van der Waals surface area contributed by atoms with Gasteiger partial charge in [0.05, 0.1) is 0 Å². The number of aromatic nitrogens is 3. The van der Waals surface area contributed by atoms with Crippen LogP contribution in [0.2, 0.25) is 0 Å². The van der Waals surface area contributed by atoms with Crippen molar-refractivity contribution in [3.63, 3.8) is 0 Å². The molecule has 1 aromatic carbocycles. The Morgan fingerprint density at radius 2 is 1.77 bits per heavy atom. The van der Waals surface area contributed by atoms with Crippen LogP contribution in [0.3, 0.4) is 0 Å². The van der Waals surface area contributed by atoms with Crippen LogP contribution in [0.1, 0.15) is 41.4 Å². The molecule has 2 N–H and O–H groups in total. The topological polar surface area (TPSA) is 79.8 Å². The van der Waals surface area contributed by atoms with Gasteiger partial charge in [-0.2, -0.15) is 0 Å². The fourth-order valence-corrected chi connectivity index (χ4v) is 2.42. The van der Waals surface area contributed by atoms with Gasteiger partial charge in [0, 0.05) is 30.7 Å². The second-order valence-corrected chi connectivity index (χ2v) is 6.23. The van der Waals surface area contributed by atoms with Crippen LogP contribution in [-0.4, -0.2) is 20.9 Å².